The quantitative estimate of drug-likeness (QED) is 0.672. The van der Waals surface area contributed by atoms with Crippen LogP contribution in [0, 0.1) is 0 Å². The van der Waals surface area contributed by atoms with Crippen molar-refractivity contribution in [1.82, 2.24) is 0 Å². The lowest BCUT2D eigenvalue weighted by Crippen LogP contribution is -2.38. The number of hydrogen-bond donors (Lipinski definition) is 1. The number of hydrogen-bond acceptors (Lipinski definition) is 4. The van der Waals surface area contributed by atoms with Crippen LogP contribution in [0.15, 0.2) is 18.2 Å². The highest BCUT2D eigenvalue weighted by atomic mass is 16.5. The summed E-state index contributed by atoms with van der Waals surface area (Å²) in [5.74, 6) is -0.348. The van der Waals surface area contributed by atoms with Crippen LogP contribution in [-0.4, -0.2) is 24.7 Å². The molecular formula is C15H22N2O2. The summed E-state index contributed by atoms with van der Waals surface area (Å²) in [7, 11) is 0. The van der Waals surface area contributed by atoms with Gasteiger partial charge in [-0.25, -0.2) is 4.79 Å². The highest BCUT2D eigenvalue weighted by molar-refractivity contribution is 5.96. The minimum Gasteiger partial charge on any atom is -0.462 e. The summed E-state index contributed by atoms with van der Waals surface area (Å²) in [5, 5.41) is 0. The van der Waals surface area contributed by atoms with Crippen molar-refractivity contribution in [3.63, 3.8) is 0 Å². The van der Waals surface area contributed by atoms with Crippen LogP contribution in [0.2, 0.25) is 0 Å². The van der Waals surface area contributed by atoms with Crippen molar-refractivity contribution in [3.8, 4) is 0 Å². The third-order valence-electron chi connectivity index (χ3n) is 3.74. The van der Waals surface area contributed by atoms with E-state index in [1.807, 2.05) is 12.1 Å². The van der Waals surface area contributed by atoms with Crippen LogP contribution in [0.4, 0.5) is 11.4 Å². The molecule has 1 aliphatic heterocycles. The molecule has 1 aromatic carbocycles. The van der Waals surface area contributed by atoms with Crippen LogP contribution >= 0.6 is 0 Å². The zero-order valence-electron chi connectivity index (χ0n) is 11.9. The molecule has 0 saturated carbocycles. The monoisotopic (exact) mass is 262 g/mol. The van der Waals surface area contributed by atoms with Gasteiger partial charge in [0.2, 0.25) is 0 Å². The summed E-state index contributed by atoms with van der Waals surface area (Å²) in [6.45, 7) is 7.61. The molecule has 1 aliphatic rings. The Labute approximate surface area is 114 Å². The Morgan fingerprint density at radius 2 is 2.21 bits per heavy atom. The number of ether oxygens (including phenoxy) is 1. The lowest BCUT2D eigenvalue weighted by molar-refractivity contribution is 0.0527. The maximum absolute atomic E-state index is 11.9. The predicted molar refractivity (Wildman–Crippen MR) is 77.5 cm³/mol. The van der Waals surface area contributed by atoms with Gasteiger partial charge < -0.3 is 15.4 Å². The number of esters is 1. The highest BCUT2D eigenvalue weighted by Gasteiger charge is 2.32. The Morgan fingerprint density at radius 3 is 2.79 bits per heavy atom. The summed E-state index contributed by atoms with van der Waals surface area (Å²) >= 11 is 0. The number of nitrogens with two attached hydrogens (primary N) is 1. The Kier molecular flexibility index (Phi) is 3.69. The molecule has 19 heavy (non-hydrogen) atoms. The van der Waals surface area contributed by atoms with Crippen LogP contribution in [0.1, 0.15) is 44.0 Å². The molecule has 1 heterocycles. The summed E-state index contributed by atoms with van der Waals surface area (Å²) in [5.41, 5.74) is 7.97. The van der Waals surface area contributed by atoms with Crippen molar-refractivity contribution in [2.75, 3.05) is 23.8 Å². The van der Waals surface area contributed by atoms with Gasteiger partial charge in [0, 0.05) is 23.5 Å². The zero-order chi connectivity index (χ0) is 14.0. The first-order valence-corrected chi connectivity index (χ1v) is 6.80. The zero-order valence-corrected chi connectivity index (χ0v) is 11.9. The predicted octanol–water partition coefficient (Wildman–Crippen LogP) is 2.82. The smallest absolute Gasteiger partial charge is 0.340 e. The number of carbonyl (C=O) groups is 1. The van der Waals surface area contributed by atoms with Gasteiger partial charge in [0.05, 0.1) is 12.2 Å². The highest BCUT2D eigenvalue weighted by Crippen LogP contribution is 2.34. The number of anilines is 2. The Balaban J connectivity index is 2.33. The molecule has 1 fully saturated rings. The second-order valence-corrected chi connectivity index (χ2v) is 5.56. The van der Waals surface area contributed by atoms with E-state index in [0.717, 1.165) is 18.7 Å². The van der Waals surface area contributed by atoms with E-state index in [2.05, 4.69) is 18.7 Å². The fraction of sp³-hybridized carbons (Fsp3) is 0.533. The van der Waals surface area contributed by atoms with Gasteiger partial charge in [0.15, 0.2) is 0 Å². The van der Waals surface area contributed by atoms with E-state index >= 15 is 0 Å². The summed E-state index contributed by atoms with van der Waals surface area (Å²) in [4.78, 5) is 14.2. The number of carbonyl (C=O) groups excluding carboxylic acids is 1. The molecule has 104 valence electrons. The topological polar surface area (TPSA) is 55.6 Å². The van der Waals surface area contributed by atoms with E-state index in [4.69, 9.17) is 10.5 Å². The SMILES string of the molecule is CCOC(=O)c1cc(N2CCCC2(C)C)ccc1N. The molecule has 0 spiro atoms. The number of nitrogens with zero attached hydrogens (tertiary/aromatic N) is 1. The maximum Gasteiger partial charge on any atom is 0.340 e. The van der Waals surface area contributed by atoms with Crippen molar-refractivity contribution in [1.29, 1.82) is 0 Å². The van der Waals surface area contributed by atoms with Crippen molar-refractivity contribution in [3.05, 3.63) is 23.8 Å². The minimum absolute atomic E-state index is 0.127. The van der Waals surface area contributed by atoms with E-state index < -0.39 is 0 Å². The van der Waals surface area contributed by atoms with E-state index in [1.165, 1.54) is 6.42 Å². The van der Waals surface area contributed by atoms with Crippen LogP contribution < -0.4 is 10.6 Å². The van der Waals surface area contributed by atoms with Crippen molar-refractivity contribution in [2.45, 2.75) is 39.2 Å². The van der Waals surface area contributed by atoms with Gasteiger partial charge >= 0.3 is 5.97 Å². The fourth-order valence-corrected chi connectivity index (χ4v) is 2.68. The first-order chi connectivity index (χ1) is 8.95. The lowest BCUT2D eigenvalue weighted by Gasteiger charge is -2.34. The summed E-state index contributed by atoms with van der Waals surface area (Å²) in [6.07, 6.45) is 2.33. The second kappa shape index (κ2) is 5.11. The number of rotatable bonds is 3. The largest absolute Gasteiger partial charge is 0.462 e. The van der Waals surface area contributed by atoms with Crippen LogP contribution in [0.5, 0.6) is 0 Å². The van der Waals surface area contributed by atoms with E-state index in [9.17, 15) is 4.79 Å². The molecule has 2 N–H and O–H groups in total. The molecule has 2 rings (SSSR count). The Hall–Kier alpha value is -1.71. The first kappa shape index (κ1) is 13.7. The van der Waals surface area contributed by atoms with Gasteiger partial charge in [-0.3, -0.25) is 0 Å². The molecule has 4 heteroatoms. The molecule has 1 saturated heterocycles. The second-order valence-electron chi connectivity index (χ2n) is 5.56. The van der Waals surface area contributed by atoms with Crippen molar-refractivity contribution >= 4 is 17.3 Å². The molecular weight excluding hydrogens is 240 g/mol. The Bertz CT molecular complexity index is 483. The van der Waals surface area contributed by atoms with Gasteiger partial charge in [-0.2, -0.15) is 0 Å². The van der Waals surface area contributed by atoms with Gasteiger partial charge in [0.25, 0.3) is 0 Å². The first-order valence-electron chi connectivity index (χ1n) is 6.80. The molecule has 0 atom stereocenters. The van der Waals surface area contributed by atoms with Crippen LogP contribution in [0.25, 0.3) is 0 Å². The van der Waals surface area contributed by atoms with E-state index in [0.29, 0.717) is 17.9 Å². The van der Waals surface area contributed by atoms with Crippen LogP contribution in [-0.2, 0) is 4.74 Å². The van der Waals surface area contributed by atoms with E-state index in [-0.39, 0.29) is 11.5 Å². The van der Waals surface area contributed by atoms with Crippen LogP contribution in [0.3, 0.4) is 0 Å². The molecule has 0 unspecified atom stereocenters. The molecule has 4 nitrogen and oxygen atoms in total. The van der Waals surface area contributed by atoms with Gasteiger partial charge in [0.1, 0.15) is 0 Å². The molecule has 0 radical (unpaired) electrons. The van der Waals surface area contributed by atoms with Gasteiger partial charge in [-0.05, 0) is 51.8 Å². The lowest BCUT2D eigenvalue weighted by atomic mass is 10.0. The third kappa shape index (κ3) is 2.67. The fourth-order valence-electron chi connectivity index (χ4n) is 2.68. The molecule has 0 aromatic heterocycles. The third-order valence-corrected chi connectivity index (χ3v) is 3.74. The van der Waals surface area contributed by atoms with Gasteiger partial charge in [-0.1, -0.05) is 0 Å². The maximum atomic E-state index is 11.9. The molecule has 0 aliphatic carbocycles. The summed E-state index contributed by atoms with van der Waals surface area (Å²) in [6, 6.07) is 5.61. The molecule has 1 aromatic rings. The average Bonchev–Trinajstić information content (AvgIpc) is 2.70. The van der Waals surface area contributed by atoms with Gasteiger partial charge in [-0.15, -0.1) is 0 Å². The summed E-state index contributed by atoms with van der Waals surface area (Å²) < 4.78 is 5.04. The van der Waals surface area contributed by atoms with Crippen molar-refractivity contribution < 1.29 is 9.53 Å². The van der Waals surface area contributed by atoms with Crippen molar-refractivity contribution in [2.24, 2.45) is 0 Å². The standard InChI is InChI=1S/C15H22N2O2/c1-4-19-14(18)12-10-11(6-7-13(12)16)17-9-5-8-15(17,2)3/h6-7,10H,4-5,8-9,16H2,1-3H3. The normalized spacial score (nSPS) is 17.5. The minimum atomic E-state index is -0.348. The average molecular weight is 262 g/mol. The van der Waals surface area contributed by atoms with E-state index in [1.54, 1.807) is 13.0 Å². The number of benzene rings is 1. The Morgan fingerprint density at radius 1 is 1.47 bits per heavy atom. The number of nitrogen functional groups attached to an aromatic ring is 1. The molecule has 0 amide bonds. The molecule has 0 bridgehead atoms.